The maximum atomic E-state index is 9.89. The molecular formula is C11H22O2. The molecule has 1 aliphatic carbocycles. The summed E-state index contributed by atoms with van der Waals surface area (Å²) in [6.07, 6.45) is 3.64. The van der Waals surface area contributed by atoms with Gasteiger partial charge in [-0.15, -0.1) is 0 Å². The second kappa shape index (κ2) is 3.97. The lowest BCUT2D eigenvalue weighted by Crippen LogP contribution is -2.39. The van der Waals surface area contributed by atoms with Gasteiger partial charge in [0.25, 0.3) is 0 Å². The SMILES string of the molecule is COC1CC(C(C)(C)O)CCC1C. The van der Waals surface area contributed by atoms with E-state index in [-0.39, 0.29) is 0 Å². The van der Waals surface area contributed by atoms with Crippen LogP contribution in [0.1, 0.15) is 40.0 Å². The van der Waals surface area contributed by atoms with E-state index in [9.17, 15) is 5.11 Å². The van der Waals surface area contributed by atoms with Crippen LogP contribution in [0.5, 0.6) is 0 Å². The van der Waals surface area contributed by atoms with Gasteiger partial charge in [0.1, 0.15) is 0 Å². The molecule has 1 saturated carbocycles. The van der Waals surface area contributed by atoms with Gasteiger partial charge in [0.05, 0.1) is 11.7 Å². The number of hydrogen-bond donors (Lipinski definition) is 1. The van der Waals surface area contributed by atoms with Crippen molar-refractivity contribution in [3.8, 4) is 0 Å². The average molecular weight is 186 g/mol. The van der Waals surface area contributed by atoms with E-state index in [0.29, 0.717) is 17.9 Å². The fourth-order valence-electron chi connectivity index (χ4n) is 2.25. The normalized spacial score (nSPS) is 36.2. The van der Waals surface area contributed by atoms with Gasteiger partial charge in [0.15, 0.2) is 0 Å². The minimum atomic E-state index is -0.545. The topological polar surface area (TPSA) is 29.5 Å². The Balaban J connectivity index is 2.55. The monoisotopic (exact) mass is 186 g/mol. The summed E-state index contributed by atoms with van der Waals surface area (Å²) in [5, 5.41) is 9.89. The van der Waals surface area contributed by atoms with Crippen molar-refractivity contribution in [2.75, 3.05) is 7.11 Å². The van der Waals surface area contributed by atoms with Crippen LogP contribution in [0.2, 0.25) is 0 Å². The lowest BCUT2D eigenvalue weighted by Gasteiger charge is -2.39. The van der Waals surface area contributed by atoms with Crippen LogP contribution < -0.4 is 0 Å². The zero-order chi connectivity index (χ0) is 10.1. The van der Waals surface area contributed by atoms with E-state index in [1.807, 2.05) is 13.8 Å². The molecule has 0 bridgehead atoms. The fourth-order valence-corrected chi connectivity index (χ4v) is 2.25. The van der Waals surface area contributed by atoms with E-state index in [1.165, 1.54) is 6.42 Å². The molecule has 1 N–H and O–H groups in total. The maximum absolute atomic E-state index is 9.89. The summed E-state index contributed by atoms with van der Waals surface area (Å²) in [4.78, 5) is 0. The predicted molar refractivity (Wildman–Crippen MR) is 53.6 cm³/mol. The molecule has 0 saturated heterocycles. The zero-order valence-corrected chi connectivity index (χ0v) is 9.21. The first kappa shape index (κ1) is 11.0. The molecule has 0 amide bonds. The van der Waals surface area contributed by atoms with Gasteiger partial charge < -0.3 is 9.84 Å². The van der Waals surface area contributed by atoms with Crippen LogP contribution in [-0.2, 0) is 4.74 Å². The molecule has 0 aromatic rings. The van der Waals surface area contributed by atoms with Crippen molar-refractivity contribution >= 4 is 0 Å². The smallest absolute Gasteiger partial charge is 0.0620 e. The molecule has 0 aliphatic heterocycles. The number of rotatable bonds is 2. The molecule has 13 heavy (non-hydrogen) atoms. The van der Waals surface area contributed by atoms with E-state index in [1.54, 1.807) is 7.11 Å². The van der Waals surface area contributed by atoms with Crippen LogP contribution >= 0.6 is 0 Å². The Hall–Kier alpha value is -0.0800. The summed E-state index contributed by atoms with van der Waals surface area (Å²) in [5.74, 6) is 1.04. The molecule has 1 aliphatic rings. The van der Waals surface area contributed by atoms with Crippen molar-refractivity contribution in [3.05, 3.63) is 0 Å². The van der Waals surface area contributed by atoms with Crippen molar-refractivity contribution in [1.29, 1.82) is 0 Å². The minimum absolute atomic E-state index is 0.338. The predicted octanol–water partition coefficient (Wildman–Crippen LogP) is 2.21. The highest BCUT2D eigenvalue weighted by atomic mass is 16.5. The van der Waals surface area contributed by atoms with Gasteiger partial charge in [-0.05, 0) is 44.9 Å². The molecule has 0 spiro atoms. The van der Waals surface area contributed by atoms with Crippen LogP contribution in [-0.4, -0.2) is 23.9 Å². The first-order valence-corrected chi connectivity index (χ1v) is 5.20. The molecule has 78 valence electrons. The van der Waals surface area contributed by atoms with Crippen molar-refractivity contribution in [2.24, 2.45) is 11.8 Å². The molecule has 0 radical (unpaired) electrons. The molecule has 1 rings (SSSR count). The lowest BCUT2D eigenvalue weighted by atomic mass is 9.74. The third-order valence-corrected chi connectivity index (χ3v) is 3.42. The Morgan fingerprint density at radius 3 is 2.38 bits per heavy atom. The van der Waals surface area contributed by atoms with Gasteiger partial charge in [-0.25, -0.2) is 0 Å². The Kier molecular flexibility index (Phi) is 3.36. The lowest BCUT2D eigenvalue weighted by molar-refractivity contribution is -0.0576. The maximum Gasteiger partial charge on any atom is 0.0620 e. The standard InChI is InChI=1S/C11H22O2/c1-8-5-6-9(11(2,3)12)7-10(8)13-4/h8-10,12H,5-7H2,1-4H3. The van der Waals surface area contributed by atoms with Gasteiger partial charge in [0, 0.05) is 7.11 Å². The molecule has 0 heterocycles. The van der Waals surface area contributed by atoms with Gasteiger partial charge >= 0.3 is 0 Å². The molecule has 1 fully saturated rings. The second-order valence-corrected chi connectivity index (χ2v) is 4.92. The fraction of sp³-hybridized carbons (Fsp3) is 1.00. The van der Waals surface area contributed by atoms with E-state index in [2.05, 4.69) is 6.92 Å². The first-order chi connectivity index (χ1) is 5.95. The number of hydrogen-bond acceptors (Lipinski definition) is 2. The van der Waals surface area contributed by atoms with Crippen LogP contribution in [0, 0.1) is 11.8 Å². The van der Waals surface area contributed by atoms with Crippen LogP contribution in [0.4, 0.5) is 0 Å². The zero-order valence-electron chi connectivity index (χ0n) is 9.21. The van der Waals surface area contributed by atoms with E-state index < -0.39 is 5.60 Å². The number of methoxy groups -OCH3 is 1. The summed E-state index contributed by atoms with van der Waals surface area (Å²) in [7, 11) is 1.77. The molecule has 0 aromatic heterocycles. The highest BCUT2D eigenvalue weighted by Gasteiger charge is 2.35. The highest BCUT2D eigenvalue weighted by Crippen LogP contribution is 2.36. The average Bonchev–Trinajstić information content (AvgIpc) is 2.03. The van der Waals surface area contributed by atoms with Crippen molar-refractivity contribution in [2.45, 2.75) is 51.7 Å². The van der Waals surface area contributed by atoms with E-state index >= 15 is 0 Å². The van der Waals surface area contributed by atoms with Gasteiger partial charge in [-0.3, -0.25) is 0 Å². The van der Waals surface area contributed by atoms with E-state index in [0.717, 1.165) is 12.8 Å². The molecule has 3 atom stereocenters. The third kappa shape index (κ3) is 2.68. The molecular weight excluding hydrogens is 164 g/mol. The number of aliphatic hydroxyl groups is 1. The largest absolute Gasteiger partial charge is 0.390 e. The van der Waals surface area contributed by atoms with Crippen molar-refractivity contribution in [3.63, 3.8) is 0 Å². The highest BCUT2D eigenvalue weighted by molar-refractivity contribution is 4.86. The Labute approximate surface area is 81.3 Å². The van der Waals surface area contributed by atoms with Gasteiger partial charge in [-0.2, -0.15) is 0 Å². The molecule has 2 heteroatoms. The quantitative estimate of drug-likeness (QED) is 0.716. The molecule has 0 aromatic carbocycles. The minimum Gasteiger partial charge on any atom is -0.390 e. The first-order valence-electron chi connectivity index (χ1n) is 5.20. The Bertz CT molecular complexity index is 160. The number of ether oxygens (including phenoxy) is 1. The van der Waals surface area contributed by atoms with E-state index in [4.69, 9.17) is 4.74 Å². The van der Waals surface area contributed by atoms with Gasteiger partial charge in [0.2, 0.25) is 0 Å². The molecule has 2 nitrogen and oxygen atoms in total. The Morgan fingerprint density at radius 2 is 1.92 bits per heavy atom. The van der Waals surface area contributed by atoms with Crippen LogP contribution in [0.3, 0.4) is 0 Å². The summed E-state index contributed by atoms with van der Waals surface area (Å²) in [6, 6.07) is 0. The Morgan fingerprint density at radius 1 is 1.31 bits per heavy atom. The third-order valence-electron chi connectivity index (χ3n) is 3.42. The van der Waals surface area contributed by atoms with Crippen molar-refractivity contribution in [1.82, 2.24) is 0 Å². The summed E-state index contributed by atoms with van der Waals surface area (Å²) in [5.41, 5.74) is -0.545. The van der Waals surface area contributed by atoms with Crippen molar-refractivity contribution < 1.29 is 9.84 Å². The summed E-state index contributed by atoms with van der Waals surface area (Å²) >= 11 is 0. The second-order valence-electron chi connectivity index (χ2n) is 4.92. The van der Waals surface area contributed by atoms with Crippen LogP contribution in [0.15, 0.2) is 0 Å². The molecule has 3 unspecified atom stereocenters. The van der Waals surface area contributed by atoms with Crippen LogP contribution in [0.25, 0.3) is 0 Å². The summed E-state index contributed by atoms with van der Waals surface area (Å²) in [6.45, 7) is 6.04. The van der Waals surface area contributed by atoms with Gasteiger partial charge in [-0.1, -0.05) is 6.92 Å². The summed E-state index contributed by atoms with van der Waals surface area (Å²) < 4.78 is 5.42.